The van der Waals surface area contributed by atoms with Crippen LogP contribution in [-0.4, -0.2) is 64.7 Å². The fourth-order valence-corrected chi connectivity index (χ4v) is 2.69. The summed E-state index contributed by atoms with van der Waals surface area (Å²) in [6, 6.07) is 4.95. The molecule has 0 aromatic carbocycles. The maximum atomic E-state index is 12.4. The highest BCUT2D eigenvalue weighted by Crippen LogP contribution is 2.10. The number of nitrogens with zero attached hydrogens (tertiary/aromatic N) is 3. The highest BCUT2D eigenvalue weighted by atomic mass is 16.5. The molecule has 1 aliphatic rings. The number of hydrogen-bond acceptors (Lipinski definition) is 6. The Morgan fingerprint density at radius 2 is 2.12 bits per heavy atom. The summed E-state index contributed by atoms with van der Waals surface area (Å²) in [5.41, 5.74) is -0.613. The zero-order valence-electron chi connectivity index (χ0n) is 13.3. The summed E-state index contributed by atoms with van der Waals surface area (Å²) in [6.45, 7) is 4.53. The van der Waals surface area contributed by atoms with E-state index in [1.807, 2.05) is 0 Å². The lowest BCUT2D eigenvalue weighted by Gasteiger charge is -2.26. The topological polar surface area (TPSA) is 96.2 Å². The van der Waals surface area contributed by atoms with Gasteiger partial charge < -0.3 is 15.2 Å². The van der Waals surface area contributed by atoms with Gasteiger partial charge >= 0.3 is 0 Å². The van der Waals surface area contributed by atoms with E-state index in [2.05, 4.69) is 15.2 Å². The van der Waals surface area contributed by atoms with Crippen molar-refractivity contribution in [2.24, 2.45) is 0 Å². The molecule has 2 N–H and O–H groups in total. The molecule has 0 atom stereocenters. The first-order valence-corrected chi connectivity index (χ1v) is 7.95. The predicted molar refractivity (Wildman–Crippen MR) is 87.3 cm³/mol. The maximum absolute atomic E-state index is 12.4. The van der Waals surface area contributed by atoms with Gasteiger partial charge in [-0.05, 0) is 25.1 Å². The molecule has 2 aromatic rings. The third-order valence-electron chi connectivity index (χ3n) is 3.98. The van der Waals surface area contributed by atoms with Gasteiger partial charge in [0, 0.05) is 25.8 Å². The zero-order chi connectivity index (χ0) is 16.9. The van der Waals surface area contributed by atoms with Crippen LogP contribution in [0.5, 0.6) is 5.88 Å². The van der Waals surface area contributed by atoms with Crippen molar-refractivity contribution >= 4 is 11.6 Å². The molecule has 0 aliphatic carbocycles. The van der Waals surface area contributed by atoms with E-state index in [0.29, 0.717) is 12.2 Å². The smallest absolute Gasteiger partial charge is 0.274 e. The lowest BCUT2D eigenvalue weighted by Crippen LogP contribution is -2.38. The van der Waals surface area contributed by atoms with Gasteiger partial charge in [0.1, 0.15) is 5.65 Å². The third-order valence-corrected chi connectivity index (χ3v) is 3.98. The van der Waals surface area contributed by atoms with E-state index >= 15 is 0 Å². The number of ether oxygens (including phenoxy) is 1. The van der Waals surface area contributed by atoms with Crippen molar-refractivity contribution in [2.45, 2.75) is 6.42 Å². The van der Waals surface area contributed by atoms with Gasteiger partial charge in [-0.3, -0.25) is 18.9 Å². The largest absolute Gasteiger partial charge is 0.493 e. The quantitative estimate of drug-likeness (QED) is 0.740. The zero-order valence-corrected chi connectivity index (χ0v) is 13.3. The molecule has 0 saturated carbocycles. The fraction of sp³-hybridized carbons (Fsp3) is 0.438. The number of pyridine rings is 1. The fourth-order valence-electron chi connectivity index (χ4n) is 2.69. The lowest BCUT2D eigenvalue weighted by molar-refractivity contribution is 0.0374. The molecular weight excluding hydrogens is 312 g/mol. The van der Waals surface area contributed by atoms with Gasteiger partial charge in [-0.2, -0.15) is 4.98 Å². The van der Waals surface area contributed by atoms with Gasteiger partial charge in [-0.1, -0.05) is 6.07 Å². The molecule has 1 amide bonds. The first kappa shape index (κ1) is 16.4. The van der Waals surface area contributed by atoms with Crippen molar-refractivity contribution in [1.29, 1.82) is 0 Å². The van der Waals surface area contributed by atoms with Gasteiger partial charge in [0.2, 0.25) is 5.88 Å². The van der Waals surface area contributed by atoms with Crippen molar-refractivity contribution in [3.05, 3.63) is 40.3 Å². The van der Waals surface area contributed by atoms with Crippen LogP contribution in [0.3, 0.4) is 0 Å². The number of amides is 1. The number of carbonyl (C=O) groups excluding carboxylic acids is 1. The number of carbonyl (C=O) groups is 1. The second kappa shape index (κ2) is 7.41. The van der Waals surface area contributed by atoms with E-state index in [0.717, 1.165) is 39.3 Å². The second-order valence-electron chi connectivity index (χ2n) is 5.61. The van der Waals surface area contributed by atoms with Crippen molar-refractivity contribution in [3.8, 4) is 5.88 Å². The van der Waals surface area contributed by atoms with Crippen molar-refractivity contribution in [3.63, 3.8) is 0 Å². The van der Waals surface area contributed by atoms with Crippen LogP contribution in [0.15, 0.2) is 29.2 Å². The Hall–Kier alpha value is -2.45. The normalized spacial score (nSPS) is 15.5. The van der Waals surface area contributed by atoms with E-state index in [-0.39, 0.29) is 5.56 Å². The Balaban J connectivity index is 1.62. The predicted octanol–water partition coefficient (Wildman–Crippen LogP) is -0.148. The van der Waals surface area contributed by atoms with Gasteiger partial charge in [0.25, 0.3) is 11.5 Å². The summed E-state index contributed by atoms with van der Waals surface area (Å²) in [7, 11) is 0. The SMILES string of the molecule is O=C(NCCCN1CCOCC1)c1c(O)nc2ccccn2c1=O. The number of fused-ring (bicyclic) bond motifs is 1. The average molecular weight is 332 g/mol. The molecule has 128 valence electrons. The number of morpholine rings is 1. The van der Waals surface area contributed by atoms with E-state index in [1.165, 1.54) is 10.6 Å². The number of aromatic nitrogens is 2. The van der Waals surface area contributed by atoms with Crippen LogP contribution in [0.25, 0.3) is 5.65 Å². The van der Waals surface area contributed by atoms with Crippen molar-refractivity contribution in [2.75, 3.05) is 39.4 Å². The minimum Gasteiger partial charge on any atom is -0.493 e. The molecule has 1 aliphatic heterocycles. The average Bonchev–Trinajstić information content (AvgIpc) is 2.60. The Labute approximate surface area is 138 Å². The summed E-state index contributed by atoms with van der Waals surface area (Å²) in [6.07, 6.45) is 2.27. The molecule has 24 heavy (non-hydrogen) atoms. The summed E-state index contributed by atoms with van der Waals surface area (Å²) in [5, 5.41) is 12.6. The van der Waals surface area contributed by atoms with Gasteiger partial charge in [0.05, 0.1) is 13.2 Å². The molecule has 1 saturated heterocycles. The van der Waals surface area contributed by atoms with Crippen LogP contribution < -0.4 is 10.9 Å². The number of rotatable bonds is 5. The van der Waals surface area contributed by atoms with E-state index in [9.17, 15) is 14.7 Å². The molecule has 0 radical (unpaired) electrons. The summed E-state index contributed by atoms with van der Waals surface area (Å²) in [5.74, 6) is -1.15. The number of nitrogens with one attached hydrogen (secondary N) is 1. The van der Waals surface area contributed by atoms with Crippen LogP contribution in [0.4, 0.5) is 0 Å². The minimum atomic E-state index is -0.606. The molecule has 8 nitrogen and oxygen atoms in total. The third kappa shape index (κ3) is 3.55. The molecule has 8 heteroatoms. The highest BCUT2D eigenvalue weighted by Gasteiger charge is 2.19. The molecule has 2 aromatic heterocycles. The Kier molecular flexibility index (Phi) is 5.07. The highest BCUT2D eigenvalue weighted by molar-refractivity contribution is 5.96. The van der Waals surface area contributed by atoms with E-state index in [1.54, 1.807) is 18.2 Å². The van der Waals surface area contributed by atoms with Crippen molar-refractivity contribution in [1.82, 2.24) is 19.6 Å². The Bertz CT molecular complexity index is 783. The molecule has 3 rings (SSSR count). The number of hydrogen-bond donors (Lipinski definition) is 2. The maximum Gasteiger partial charge on any atom is 0.274 e. The molecule has 0 unspecified atom stereocenters. The Morgan fingerprint density at radius 3 is 2.92 bits per heavy atom. The van der Waals surface area contributed by atoms with Crippen LogP contribution in [0, 0.1) is 0 Å². The van der Waals surface area contributed by atoms with Crippen molar-refractivity contribution < 1.29 is 14.6 Å². The van der Waals surface area contributed by atoms with Crippen LogP contribution >= 0.6 is 0 Å². The first-order valence-electron chi connectivity index (χ1n) is 7.95. The standard InChI is InChI=1S/C16H20N4O4/c21-14(17-5-3-6-19-8-10-24-11-9-19)13-15(22)18-12-4-1-2-7-20(12)16(13)23/h1-2,4,7,22H,3,5-6,8-11H2,(H,17,21). The summed E-state index contributed by atoms with van der Waals surface area (Å²) < 4.78 is 6.52. The lowest BCUT2D eigenvalue weighted by atomic mass is 10.2. The summed E-state index contributed by atoms with van der Waals surface area (Å²) in [4.78, 5) is 30.7. The number of aromatic hydroxyl groups is 1. The second-order valence-corrected chi connectivity index (χ2v) is 5.61. The molecular formula is C16H20N4O4. The monoisotopic (exact) mass is 332 g/mol. The summed E-state index contributed by atoms with van der Waals surface area (Å²) >= 11 is 0. The van der Waals surface area contributed by atoms with E-state index < -0.39 is 17.3 Å². The Morgan fingerprint density at radius 1 is 1.33 bits per heavy atom. The van der Waals surface area contributed by atoms with Gasteiger partial charge in [-0.25, -0.2) is 0 Å². The molecule has 0 bridgehead atoms. The first-order chi connectivity index (χ1) is 11.7. The van der Waals surface area contributed by atoms with Crippen LogP contribution in [-0.2, 0) is 4.74 Å². The minimum absolute atomic E-state index is 0.295. The molecule has 0 spiro atoms. The van der Waals surface area contributed by atoms with Gasteiger partial charge in [0.15, 0.2) is 5.56 Å². The van der Waals surface area contributed by atoms with E-state index in [4.69, 9.17) is 4.74 Å². The van der Waals surface area contributed by atoms with Crippen LogP contribution in [0.2, 0.25) is 0 Å². The van der Waals surface area contributed by atoms with Crippen LogP contribution in [0.1, 0.15) is 16.8 Å². The molecule has 3 heterocycles. The molecule has 1 fully saturated rings. The van der Waals surface area contributed by atoms with Gasteiger partial charge in [-0.15, -0.1) is 0 Å².